The molecule has 0 aromatic heterocycles. The molecule has 18 heavy (non-hydrogen) atoms. The van der Waals surface area contributed by atoms with Crippen molar-refractivity contribution in [2.75, 3.05) is 26.2 Å². The van der Waals surface area contributed by atoms with Crippen LogP contribution in [-0.4, -0.2) is 31.1 Å². The van der Waals surface area contributed by atoms with Crippen LogP contribution in [0.5, 0.6) is 0 Å². The molecule has 2 N–H and O–H groups in total. The number of nitrogens with two attached hydrogens (primary N) is 1. The Bertz CT molecular complexity index is 369. The summed E-state index contributed by atoms with van der Waals surface area (Å²) in [6.45, 7) is 3.87. The fourth-order valence-corrected chi connectivity index (χ4v) is 3.34. The van der Waals surface area contributed by atoms with Crippen molar-refractivity contribution >= 4 is 23.2 Å². The van der Waals surface area contributed by atoms with Crippen molar-refractivity contribution in [2.24, 2.45) is 5.73 Å². The largest absolute Gasteiger partial charge is 0.330 e. The van der Waals surface area contributed by atoms with Gasteiger partial charge in [0.2, 0.25) is 0 Å². The Morgan fingerprint density at radius 1 is 1.11 bits per heavy atom. The molecule has 4 heteroatoms. The van der Waals surface area contributed by atoms with E-state index in [4.69, 9.17) is 28.9 Å². The standard InChI is InChI=1S/C14H20Cl2N2/c15-12-5-4-6-13(16)14(12)11(9-17)10-18-7-2-1-3-8-18/h4-6,11H,1-3,7-10,17H2. The predicted octanol–water partition coefficient (Wildman–Crippen LogP) is 3.52. The summed E-state index contributed by atoms with van der Waals surface area (Å²) < 4.78 is 0. The molecule has 0 radical (unpaired) electrons. The molecule has 0 spiro atoms. The van der Waals surface area contributed by atoms with E-state index < -0.39 is 0 Å². The average Bonchev–Trinajstić information content (AvgIpc) is 2.38. The highest BCUT2D eigenvalue weighted by Crippen LogP contribution is 2.32. The first-order chi connectivity index (χ1) is 8.72. The van der Waals surface area contributed by atoms with Crippen LogP contribution >= 0.6 is 23.2 Å². The van der Waals surface area contributed by atoms with E-state index in [1.807, 2.05) is 18.2 Å². The van der Waals surface area contributed by atoms with Crippen LogP contribution in [0.4, 0.5) is 0 Å². The summed E-state index contributed by atoms with van der Waals surface area (Å²) in [6.07, 6.45) is 3.91. The van der Waals surface area contributed by atoms with E-state index >= 15 is 0 Å². The van der Waals surface area contributed by atoms with Crippen molar-refractivity contribution < 1.29 is 0 Å². The van der Waals surface area contributed by atoms with Crippen LogP contribution in [0.2, 0.25) is 10.0 Å². The molecule has 0 bridgehead atoms. The summed E-state index contributed by atoms with van der Waals surface area (Å²) in [5.74, 6) is 0.226. The molecule has 1 atom stereocenters. The number of benzene rings is 1. The quantitative estimate of drug-likeness (QED) is 0.918. The molecule has 1 aliphatic rings. The average molecular weight is 287 g/mol. The maximum atomic E-state index is 6.26. The predicted molar refractivity (Wildman–Crippen MR) is 78.5 cm³/mol. The van der Waals surface area contributed by atoms with Crippen molar-refractivity contribution in [1.29, 1.82) is 0 Å². The van der Waals surface area contributed by atoms with E-state index in [1.54, 1.807) is 0 Å². The molecule has 0 aliphatic carbocycles. The topological polar surface area (TPSA) is 29.3 Å². The smallest absolute Gasteiger partial charge is 0.0456 e. The normalized spacial score (nSPS) is 18.8. The van der Waals surface area contributed by atoms with E-state index in [0.29, 0.717) is 6.54 Å². The second-order valence-corrected chi connectivity index (χ2v) is 5.74. The number of likely N-dealkylation sites (tertiary alicyclic amines) is 1. The molecule has 1 saturated heterocycles. The van der Waals surface area contributed by atoms with Crippen LogP contribution in [0, 0.1) is 0 Å². The molecule has 1 aromatic rings. The lowest BCUT2D eigenvalue weighted by Crippen LogP contribution is -2.35. The minimum atomic E-state index is 0.226. The van der Waals surface area contributed by atoms with Crippen LogP contribution in [0.3, 0.4) is 0 Å². The molecular weight excluding hydrogens is 267 g/mol. The zero-order valence-corrected chi connectivity index (χ0v) is 12.1. The number of halogens is 2. The molecule has 1 aliphatic heterocycles. The third kappa shape index (κ3) is 3.39. The van der Waals surface area contributed by atoms with E-state index in [9.17, 15) is 0 Å². The zero-order valence-electron chi connectivity index (χ0n) is 10.5. The summed E-state index contributed by atoms with van der Waals surface area (Å²) in [7, 11) is 0. The Morgan fingerprint density at radius 3 is 2.28 bits per heavy atom. The molecule has 2 rings (SSSR count). The van der Waals surface area contributed by atoms with Crippen LogP contribution in [-0.2, 0) is 0 Å². The van der Waals surface area contributed by atoms with Gasteiger partial charge in [-0.1, -0.05) is 35.7 Å². The molecule has 1 aromatic carbocycles. The third-order valence-corrected chi connectivity index (χ3v) is 4.28. The van der Waals surface area contributed by atoms with E-state index in [0.717, 1.165) is 22.2 Å². The fourth-order valence-electron chi connectivity index (χ4n) is 2.64. The summed E-state index contributed by atoms with van der Waals surface area (Å²) >= 11 is 12.5. The lowest BCUT2D eigenvalue weighted by molar-refractivity contribution is 0.216. The minimum Gasteiger partial charge on any atom is -0.330 e. The number of hydrogen-bond acceptors (Lipinski definition) is 2. The lowest BCUT2D eigenvalue weighted by atomic mass is 9.97. The molecule has 1 fully saturated rings. The van der Waals surface area contributed by atoms with Crippen molar-refractivity contribution in [2.45, 2.75) is 25.2 Å². The maximum Gasteiger partial charge on any atom is 0.0456 e. The number of rotatable bonds is 4. The first-order valence-electron chi connectivity index (χ1n) is 6.58. The number of piperidine rings is 1. The van der Waals surface area contributed by atoms with Gasteiger partial charge in [0.15, 0.2) is 0 Å². The van der Waals surface area contributed by atoms with E-state index in [2.05, 4.69) is 4.90 Å². The van der Waals surface area contributed by atoms with E-state index in [1.165, 1.54) is 32.4 Å². The van der Waals surface area contributed by atoms with Gasteiger partial charge in [-0.15, -0.1) is 0 Å². The van der Waals surface area contributed by atoms with Crippen LogP contribution in [0.25, 0.3) is 0 Å². The molecule has 0 saturated carbocycles. The van der Waals surface area contributed by atoms with Crippen LogP contribution in [0.15, 0.2) is 18.2 Å². The summed E-state index contributed by atoms with van der Waals surface area (Å²) in [4.78, 5) is 2.47. The monoisotopic (exact) mass is 286 g/mol. The fraction of sp³-hybridized carbons (Fsp3) is 0.571. The highest BCUT2D eigenvalue weighted by Gasteiger charge is 2.20. The van der Waals surface area contributed by atoms with Gasteiger partial charge in [-0.25, -0.2) is 0 Å². The lowest BCUT2D eigenvalue weighted by Gasteiger charge is -2.30. The number of hydrogen-bond donors (Lipinski definition) is 1. The van der Waals surface area contributed by atoms with Crippen LogP contribution in [0.1, 0.15) is 30.7 Å². The summed E-state index contributed by atoms with van der Waals surface area (Å²) in [6, 6.07) is 5.66. The van der Waals surface area contributed by atoms with Gasteiger partial charge in [0, 0.05) is 29.1 Å². The third-order valence-electron chi connectivity index (χ3n) is 3.62. The first kappa shape index (κ1) is 14.1. The second kappa shape index (κ2) is 6.76. The van der Waals surface area contributed by atoms with E-state index in [-0.39, 0.29) is 5.92 Å². The maximum absolute atomic E-state index is 6.26. The Labute approximate surface area is 119 Å². The van der Waals surface area contributed by atoms with Gasteiger partial charge >= 0.3 is 0 Å². The van der Waals surface area contributed by atoms with Crippen molar-refractivity contribution in [1.82, 2.24) is 4.90 Å². The van der Waals surface area contributed by atoms with Gasteiger partial charge in [-0.3, -0.25) is 0 Å². The van der Waals surface area contributed by atoms with Crippen molar-refractivity contribution in [3.8, 4) is 0 Å². The summed E-state index contributed by atoms with van der Waals surface area (Å²) in [5, 5.41) is 1.46. The van der Waals surface area contributed by atoms with Crippen molar-refractivity contribution in [3.63, 3.8) is 0 Å². The molecular formula is C14H20Cl2N2. The Morgan fingerprint density at radius 2 is 1.72 bits per heavy atom. The SMILES string of the molecule is NCC(CN1CCCCC1)c1c(Cl)cccc1Cl. The Kier molecular flexibility index (Phi) is 5.31. The molecule has 1 unspecified atom stereocenters. The Balaban J connectivity index is 2.12. The van der Waals surface area contributed by atoms with Gasteiger partial charge in [0.1, 0.15) is 0 Å². The van der Waals surface area contributed by atoms with Gasteiger partial charge in [-0.2, -0.15) is 0 Å². The first-order valence-corrected chi connectivity index (χ1v) is 7.34. The molecule has 0 amide bonds. The highest BCUT2D eigenvalue weighted by molar-refractivity contribution is 6.36. The van der Waals surface area contributed by atoms with Gasteiger partial charge in [0.25, 0.3) is 0 Å². The number of nitrogens with zero attached hydrogens (tertiary/aromatic N) is 1. The van der Waals surface area contributed by atoms with Gasteiger partial charge < -0.3 is 10.6 Å². The second-order valence-electron chi connectivity index (χ2n) is 4.93. The molecule has 1 heterocycles. The van der Waals surface area contributed by atoms with Gasteiger partial charge in [0.05, 0.1) is 0 Å². The van der Waals surface area contributed by atoms with Gasteiger partial charge in [-0.05, 0) is 43.6 Å². The highest BCUT2D eigenvalue weighted by atomic mass is 35.5. The minimum absolute atomic E-state index is 0.226. The molecule has 2 nitrogen and oxygen atoms in total. The van der Waals surface area contributed by atoms with Crippen LogP contribution < -0.4 is 5.73 Å². The summed E-state index contributed by atoms with van der Waals surface area (Å²) in [5.41, 5.74) is 6.92. The zero-order chi connectivity index (χ0) is 13.0. The molecule has 100 valence electrons. The van der Waals surface area contributed by atoms with Crippen molar-refractivity contribution in [3.05, 3.63) is 33.8 Å². The Hall–Kier alpha value is -0.280.